The lowest BCUT2D eigenvalue weighted by molar-refractivity contribution is -0.125. The van der Waals surface area contributed by atoms with Gasteiger partial charge in [0.05, 0.1) is 17.4 Å². The van der Waals surface area contributed by atoms with E-state index in [0.29, 0.717) is 12.2 Å². The third kappa shape index (κ3) is 5.33. The third-order valence-corrected chi connectivity index (χ3v) is 4.26. The van der Waals surface area contributed by atoms with Gasteiger partial charge in [0.2, 0.25) is 15.9 Å². The summed E-state index contributed by atoms with van der Waals surface area (Å²) in [5, 5.41) is 5.91. The Hall–Kier alpha value is -1.38. The number of carbonyl (C=O) groups excluding carboxylic acids is 1. The number of hydrogen-bond acceptors (Lipinski definition) is 4. The zero-order valence-corrected chi connectivity index (χ0v) is 14.6. The van der Waals surface area contributed by atoms with Crippen LogP contribution in [0.2, 0.25) is 0 Å². The van der Waals surface area contributed by atoms with Crippen LogP contribution in [-0.4, -0.2) is 33.7 Å². The highest BCUT2D eigenvalue weighted by Gasteiger charge is 2.34. The molecule has 23 heavy (non-hydrogen) atoms. The van der Waals surface area contributed by atoms with E-state index >= 15 is 0 Å². The van der Waals surface area contributed by atoms with Crippen LogP contribution < -0.4 is 15.4 Å². The fourth-order valence-corrected chi connectivity index (χ4v) is 2.97. The molecule has 1 atom stereocenters. The van der Waals surface area contributed by atoms with Gasteiger partial charge >= 0.3 is 0 Å². The van der Waals surface area contributed by atoms with E-state index in [1.165, 1.54) is 12.1 Å². The molecule has 0 spiro atoms. The minimum atomic E-state index is -3.59. The molecule has 0 radical (unpaired) electrons. The van der Waals surface area contributed by atoms with Gasteiger partial charge in [-0.3, -0.25) is 9.52 Å². The van der Waals surface area contributed by atoms with Crippen LogP contribution in [0.3, 0.4) is 0 Å². The number of piperidine rings is 1. The summed E-state index contributed by atoms with van der Waals surface area (Å²) in [6.07, 6.45) is 2.61. The van der Waals surface area contributed by atoms with Crippen molar-refractivity contribution in [2.75, 3.05) is 29.4 Å². The summed E-state index contributed by atoms with van der Waals surface area (Å²) in [6.45, 7) is 3.34. The molecule has 0 aliphatic carbocycles. The number of rotatable bonds is 4. The van der Waals surface area contributed by atoms with Crippen molar-refractivity contribution in [3.63, 3.8) is 0 Å². The Morgan fingerprint density at radius 2 is 2.09 bits per heavy atom. The number of anilines is 2. The summed E-state index contributed by atoms with van der Waals surface area (Å²) < 4.78 is 38.1. The van der Waals surface area contributed by atoms with Crippen LogP contribution in [0.5, 0.6) is 0 Å². The largest absolute Gasteiger partial charge is 0.325 e. The van der Waals surface area contributed by atoms with Crippen LogP contribution in [0.15, 0.2) is 18.2 Å². The second-order valence-corrected chi connectivity index (χ2v) is 7.61. The maximum atomic E-state index is 13.6. The van der Waals surface area contributed by atoms with E-state index < -0.39 is 21.3 Å². The SMILES string of the molecule is CC1(C(=O)Nc2ccc(F)c(NS(C)(=O)=O)c2)CCCNC1.Cl. The van der Waals surface area contributed by atoms with Crippen molar-refractivity contribution in [3.05, 3.63) is 24.0 Å². The zero-order chi connectivity index (χ0) is 16.4. The van der Waals surface area contributed by atoms with Gasteiger partial charge in [-0.05, 0) is 44.5 Å². The molecule has 1 aliphatic rings. The molecule has 1 aromatic rings. The molecule has 6 nitrogen and oxygen atoms in total. The van der Waals surface area contributed by atoms with E-state index in [0.717, 1.165) is 31.7 Å². The highest BCUT2D eigenvalue weighted by Crippen LogP contribution is 2.28. The Bertz CT molecular complexity index is 676. The molecule has 1 amide bonds. The minimum absolute atomic E-state index is 0. The van der Waals surface area contributed by atoms with E-state index in [9.17, 15) is 17.6 Å². The number of halogens is 2. The van der Waals surface area contributed by atoms with Gasteiger partial charge in [0.15, 0.2) is 0 Å². The van der Waals surface area contributed by atoms with E-state index in [-0.39, 0.29) is 24.0 Å². The van der Waals surface area contributed by atoms with Crippen molar-refractivity contribution in [1.82, 2.24) is 5.32 Å². The van der Waals surface area contributed by atoms with Crippen LogP contribution in [0.25, 0.3) is 0 Å². The van der Waals surface area contributed by atoms with Crippen molar-refractivity contribution in [3.8, 4) is 0 Å². The van der Waals surface area contributed by atoms with E-state index in [4.69, 9.17) is 0 Å². The number of benzene rings is 1. The van der Waals surface area contributed by atoms with Crippen molar-refractivity contribution < 1.29 is 17.6 Å². The summed E-state index contributed by atoms with van der Waals surface area (Å²) in [5.41, 5.74) is -0.367. The fourth-order valence-electron chi connectivity index (χ4n) is 2.41. The van der Waals surface area contributed by atoms with Crippen molar-refractivity contribution in [2.24, 2.45) is 5.41 Å². The zero-order valence-electron chi connectivity index (χ0n) is 13.0. The van der Waals surface area contributed by atoms with Gasteiger partial charge in [0.25, 0.3) is 0 Å². The van der Waals surface area contributed by atoms with Crippen LogP contribution in [0, 0.1) is 11.2 Å². The topological polar surface area (TPSA) is 87.3 Å². The van der Waals surface area contributed by atoms with E-state index in [1.54, 1.807) is 0 Å². The minimum Gasteiger partial charge on any atom is -0.325 e. The molecular weight excluding hydrogens is 345 g/mol. The molecule has 0 bridgehead atoms. The quantitative estimate of drug-likeness (QED) is 0.761. The number of hydrogen-bond donors (Lipinski definition) is 3. The lowest BCUT2D eigenvalue weighted by Gasteiger charge is -2.32. The summed E-state index contributed by atoms with van der Waals surface area (Å²) >= 11 is 0. The molecule has 3 N–H and O–H groups in total. The molecule has 1 unspecified atom stereocenters. The maximum absolute atomic E-state index is 13.6. The van der Waals surface area contributed by atoms with Crippen LogP contribution in [-0.2, 0) is 14.8 Å². The smallest absolute Gasteiger partial charge is 0.231 e. The van der Waals surface area contributed by atoms with Crippen molar-refractivity contribution >= 4 is 39.7 Å². The number of nitrogens with one attached hydrogen (secondary N) is 3. The van der Waals surface area contributed by atoms with Gasteiger partial charge in [-0.15, -0.1) is 12.4 Å². The Morgan fingerprint density at radius 1 is 1.39 bits per heavy atom. The second kappa shape index (κ2) is 7.46. The van der Waals surface area contributed by atoms with Crippen LogP contribution >= 0.6 is 12.4 Å². The first kappa shape index (κ1) is 19.7. The fraction of sp³-hybridized carbons (Fsp3) is 0.500. The Balaban J connectivity index is 0.00000264. The highest BCUT2D eigenvalue weighted by molar-refractivity contribution is 7.92. The number of amides is 1. The predicted molar refractivity (Wildman–Crippen MR) is 91.0 cm³/mol. The monoisotopic (exact) mass is 365 g/mol. The average Bonchev–Trinajstić information content (AvgIpc) is 2.42. The highest BCUT2D eigenvalue weighted by atomic mass is 35.5. The van der Waals surface area contributed by atoms with Gasteiger partial charge in [0.1, 0.15) is 5.82 Å². The first-order valence-electron chi connectivity index (χ1n) is 6.99. The number of carbonyl (C=O) groups is 1. The molecule has 9 heteroatoms. The molecule has 0 saturated carbocycles. The molecule has 130 valence electrons. The molecule has 1 fully saturated rings. The van der Waals surface area contributed by atoms with Gasteiger partial charge in [-0.25, -0.2) is 12.8 Å². The standard InChI is InChI=1S/C14H20FN3O3S.ClH/c1-14(6-3-7-16-9-14)13(19)17-10-4-5-11(15)12(8-10)18-22(2,20)21;/h4-5,8,16,18H,3,6-7,9H2,1-2H3,(H,17,19);1H. The molecule has 1 aromatic carbocycles. The summed E-state index contributed by atoms with van der Waals surface area (Å²) in [4.78, 5) is 12.4. The average molecular weight is 366 g/mol. The normalized spacial score (nSPS) is 21.2. The van der Waals surface area contributed by atoms with Crippen molar-refractivity contribution in [2.45, 2.75) is 19.8 Å². The lowest BCUT2D eigenvalue weighted by atomic mass is 9.82. The molecule has 1 saturated heterocycles. The lowest BCUT2D eigenvalue weighted by Crippen LogP contribution is -2.46. The van der Waals surface area contributed by atoms with E-state index in [1.807, 2.05) is 6.92 Å². The molecule has 1 aliphatic heterocycles. The first-order chi connectivity index (χ1) is 10.2. The van der Waals surface area contributed by atoms with Gasteiger partial charge in [0, 0.05) is 12.2 Å². The summed E-state index contributed by atoms with van der Waals surface area (Å²) in [6, 6.07) is 3.79. The maximum Gasteiger partial charge on any atom is 0.231 e. The number of sulfonamides is 1. The van der Waals surface area contributed by atoms with Crippen LogP contribution in [0.1, 0.15) is 19.8 Å². The Kier molecular flexibility index (Phi) is 6.38. The second-order valence-electron chi connectivity index (χ2n) is 5.86. The molecule has 1 heterocycles. The summed E-state index contributed by atoms with van der Waals surface area (Å²) in [7, 11) is -3.59. The Labute approximate surface area is 141 Å². The van der Waals surface area contributed by atoms with Crippen LogP contribution in [0.4, 0.5) is 15.8 Å². The summed E-state index contributed by atoms with van der Waals surface area (Å²) in [5.74, 6) is -0.870. The first-order valence-corrected chi connectivity index (χ1v) is 8.88. The Morgan fingerprint density at radius 3 is 2.65 bits per heavy atom. The van der Waals surface area contributed by atoms with Gasteiger partial charge < -0.3 is 10.6 Å². The predicted octanol–water partition coefficient (Wildman–Crippen LogP) is 1.95. The molecule has 0 aromatic heterocycles. The van der Waals surface area contributed by atoms with Gasteiger partial charge in [-0.1, -0.05) is 0 Å². The third-order valence-electron chi connectivity index (χ3n) is 3.67. The molecule has 2 rings (SSSR count). The van der Waals surface area contributed by atoms with Crippen molar-refractivity contribution in [1.29, 1.82) is 0 Å². The molecular formula is C14H21ClFN3O3S. The van der Waals surface area contributed by atoms with E-state index in [2.05, 4.69) is 15.4 Å². The van der Waals surface area contributed by atoms with Gasteiger partial charge in [-0.2, -0.15) is 0 Å².